The van der Waals surface area contributed by atoms with E-state index in [4.69, 9.17) is 10.00 Å². The van der Waals surface area contributed by atoms with E-state index in [0.717, 1.165) is 11.1 Å². The molecule has 0 saturated carbocycles. The Kier molecular flexibility index (Phi) is 4.33. The fourth-order valence-electron chi connectivity index (χ4n) is 1.46. The van der Waals surface area contributed by atoms with Gasteiger partial charge in [-0.2, -0.15) is 5.26 Å². The Hall–Kier alpha value is -1.53. The summed E-state index contributed by atoms with van der Waals surface area (Å²) in [5, 5.41) is 18.5. The van der Waals surface area contributed by atoms with Gasteiger partial charge in [-0.05, 0) is 32.4 Å². The lowest BCUT2D eigenvalue weighted by Crippen LogP contribution is -2.14. The minimum Gasteiger partial charge on any atom is -0.475 e. The molecule has 0 spiro atoms. The van der Waals surface area contributed by atoms with Crippen molar-refractivity contribution in [2.24, 2.45) is 0 Å². The highest BCUT2D eigenvalue weighted by Crippen LogP contribution is 2.27. The van der Waals surface area contributed by atoms with Gasteiger partial charge in [-0.3, -0.25) is 0 Å². The zero-order valence-electron chi connectivity index (χ0n) is 9.90. The average Bonchev–Trinajstić information content (AvgIpc) is 2.27. The molecule has 86 valence electrons. The highest BCUT2D eigenvalue weighted by molar-refractivity contribution is 5.38. The second kappa shape index (κ2) is 5.53. The number of rotatable bonds is 4. The van der Waals surface area contributed by atoms with E-state index in [2.05, 4.69) is 6.07 Å². The summed E-state index contributed by atoms with van der Waals surface area (Å²) in [5.41, 5.74) is 1.79. The summed E-state index contributed by atoms with van der Waals surface area (Å²) in [5.74, 6) is 0.592. The van der Waals surface area contributed by atoms with Crippen molar-refractivity contribution in [2.75, 3.05) is 0 Å². The minimum absolute atomic E-state index is 0.458. The molecule has 0 radical (unpaired) electrons. The van der Waals surface area contributed by atoms with Crippen LogP contribution in [0.25, 0.3) is 0 Å². The van der Waals surface area contributed by atoms with Gasteiger partial charge < -0.3 is 9.84 Å². The number of hydrogen-bond donors (Lipinski definition) is 1. The van der Waals surface area contributed by atoms with Gasteiger partial charge in [0.15, 0.2) is 6.10 Å². The molecule has 1 unspecified atom stereocenters. The molecule has 3 heteroatoms. The van der Waals surface area contributed by atoms with Crippen LogP contribution < -0.4 is 4.74 Å². The lowest BCUT2D eigenvalue weighted by atomic mass is 10.1. The van der Waals surface area contributed by atoms with E-state index in [-0.39, 0.29) is 0 Å². The molecular formula is C13H17NO2. The molecule has 1 rings (SSSR count). The molecule has 1 aromatic carbocycles. The van der Waals surface area contributed by atoms with Crippen molar-refractivity contribution in [3.63, 3.8) is 0 Å². The van der Waals surface area contributed by atoms with Crippen LogP contribution in [0.3, 0.4) is 0 Å². The number of hydrogen-bond acceptors (Lipinski definition) is 3. The van der Waals surface area contributed by atoms with Crippen LogP contribution in [-0.4, -0.2) is 11.2 Å². The molecule has 0 aromatic heterocycles. The molecule has 0 fully saturated rings. The largest absolute Gasteiger partial charge is 0.475 e. The van der Waals surface area contributed by atoms with Crippen LogP contribution in [0, 0.1) is 18.3 Å². The van der Waals surface area contributed by atoms with Crippen molar-refractivity contribution in [3.05, 3.63) is 29.3 Å². The summed E-state index contributed by atoms with van der Waals surface area (Å²) in [6, 6.07) is 7.67. The fourth-order valence-corrected chi connectivity index (χ4v) is 1.46. The van der Waals surface area contributed by atoms with E-state index in [0.29, 0.717) is 12.2 Å². The molecule has 0 aliphatic heterocycles. The molecule has 1 aromatic rings. The average molecular weight is 219 g/mol. The van der Waals surface area contributed by atoms with E-state index in [1.54, 1.807) is 13.0 Å². The number of nitriles is 1. The Morgan fingerprint density at radius 1 is 1.50 bits per heavy atom. The summed E-state index contributed by atoms with van der Waals surface area (Å²) < 4.78 is 5.54. The third-order valence-corrected chi connectivity index (χ3v) is 2.40. The Morgan fingerprint density at radius 2 is 2.19 bits per heavy atom. The molecule has 16 heavy (non-hydrogen) atoms. The Labute approximate surface area is 96.3 Å². The normalized spacial score (nSPS) is 13.9. The van der Waals surface area contributed by atoms with Crippen molar-refractivity contribution in [1.82, 2.24) is 0 Å². The first kappa shape index (κ1) is 12.5. The molecule has 0 saturated heterocycles. The van der Waals surface area contributed by atoms with Crippen LogP contribution in [0.5, 0.6) is 5.75 Å². The van der Waals surface area contributed by atoms with Crippen molar-refractivity contribution >= 4 is 0 Å². The van der Waals surface area contributed by atoms with Gasteiger partial charge in [0, 0.05) is 5.56 Å². The summed E-state index contributed by atoms with van der Waals surface area (Å²) in [6.07, 6.45) is -0.421. The predicted octanol–water partition coefficient (Wildman–Crippen LogP) is 2.73. The Balaban J connectivity index is 3.00. The van der Waals surface area contributed by atoms with Gasteiger partial charge in [0.2, 0.25) is 0 Å². The maximum absolute atomic E-state index is 9.62. The number of ether oxygens (including phenoxy) is 1. The second-order valence-electron chi connectivity index (χ2n) is 3.86. The maximum atomic E-state index is 9.62. The Bertz CT molecular complexity index is 393. The highest BCUT2D eigenvalue weighted by Gasteiger charge is 2.13. The summed E-state index contributed by atoms with van der Waals surface area (Å²) in [7, 11) is 0. The molecule has 2 atom stereocenters. The van der Waals surface area contributed by atoms with Crippen molar-refractivity contribution < 1.29 is 9.84 Å². The van der Waals surface area contributed by atoms with Crippen LogP contribution in [-0.2, 0) is 0 Å². The molecule has 0 bridgehead atoms. The third-order valence-electron chi connectivity index (χ3n) is 2.40. The van der Waals surface area contributed by atoms with Crippen molar-refractivity contribution in [1.29, 1.82) is 5.26 Å². The number of nitrogens with zero attached hydrogens (tertiary/aromatic N) is 1. The Morgan fingerprint density at radius 3 is 2.69 bits per heavy atom. The van der Waals surface area contributed by atoms with Gasteiger partial charge in [0.25, 0.3) is 0 Å². The van der Waals surface area contributed by atoms with Crippen molar-refractivity contribution in [3.8, 4) is 11.8 Å². The van der Waals surface area contributed by atoms with E-state index in [9.17, 15) is 5.11 Å². The van der Waals surface area contributed by atoms with E-state index >= 15 is 0 Å². The maximum Gasteiger partial charge on any atom is 0.184 e. The topological polar surface area (TPSA) is 53.2 Å². The van der Waals surface area contributed by atoms with Gasteiger partial charge >= 0.3 is 0 Å². The van der Waals surface area contributed by atoms with E-state index < -0.39 is 12.2 Å². The zero-order valence-corrected chi connectivity index (χ0v) is 9.90. The predicted molar refractivity (Wildman–Crippen MR) is 62.1 cm³/mol. The third kappa shape index (κ3) is 2.98. The quantitative estimate of drug-likeness (QED) is 0.847. The molecule has 0 amide bonds. The number of aryl methyl sites for hydroxylation is 1. The van der Waals surface area contributed by atoms with Crippen LogP contribution in [0.4, 0.5) is 0 Å². The van der Waals surface area contributed by atoms with Gasteiger partial charge in [-0.15, -0.1) is 0 Å². The molecule has 0 heterocycles. The summed E-state index contributed by atoms with van der Waals surface area (Å²) >= 11 is 0. The minimum atomic E-state index is -0.592. The van der Waals surface area contributed by atoms with Crippen LogP contribution in [0.2, 0.25) is 0 Å². The molecular weight excluding hydrogens is 202 g/mol. The monoisotopic (exact) mass is 219 g/mol. The second-order valence-corrected chi connectivity index (χ2v) is 3.86. The standard InChI is InChI=1S/C13H17NO2/c1-4-11(8-14)16-13-6-5-9(2)7-12(13)10(3)15/h5-7,10-11,15H,4H2,1-3H3/t10-,11?/m1/s1. The number of aliphatic hydroxyl groups is 1. The summed E-state index contributed by atoms with van der Waals surface area (Å²) in [6.45, 7) is 5.54. The fraction of sp³-hybridized carbons (Fsp3) is 0.462. The summed E-state index contributed by atoms with van der Waals surface area (Å²) in [4.78, 5) is 0. The first-order valence-corrected chi connectivity index (χ1v) is 5.43. The number of aliphatic hydroxyl groups excluding tert-OH is 1. The zero-order chi connectivity index (χ0) is 12.1. The molecule has 3 nitrogen and oxygen atoms in total. The lowest BCUT2D eigenvalue weighted by molar-refractivity contribution is 0.184. The van der Waals surface area contributed by atoms with Gasteiger partial charge in [-0.25, -0.2) is 0 Å². The SMILES string of the molecule is CCC(C#N)Oc1ccc(C)cc1[C@@H](C)O. The number of benzene rings is 1. The molecule has 1 N–H and O–H groups in total. The van der Waals surface area contributed by atoms with Gasteiger partial charge in [0.1, 0.15) is 11.8 Å². The van der Waals surface area contributed by atoms with Crippen LogP contribution >= 0.6 is 0 Å². The van der Waals surface area contributed by atoms with Crippen molar-refractivity contribution in [2.45, 2.75) is 39.4 Å². The first-order valence-electron chi connectivity index (χ1n) is 5.43. The highest BCUT2D eigenvalue weighted by atomic mass is 16.5. The first-order chi connectivity index (χ1) is 7.58. The van der Waals surface area contributed by atoms with Crippen LogP contribution in [0.15, 0.2) is 18.2 Å². The van der Waals surface area contributed by atoms with Gasteiger partial charge in [0.05, 0.1) is 6.10 Å². The van der Waals surface area contributed by atoms with E-state index in [1.807, 2.05) is 26.0 Å². The van der Waals surface area contributed by atoms with Crippen LogP contribution in [0.1, 0.15) is 37.5 Å². The molecule has 0 aliphatic rings. The lowest BCUT2D eigenvalue weighted by Gasteiger charge is -2.16. The van der Waals surface area contributed by atoms with E-state index in [1.165, 1.54) is 0 Å². The van der Waals surface area contributed by atoms with Gasteiger partial charge in [-0.1, -0.05) is 18.6 Å². The smallest absolute Gasteiger partial charge is 0.184 e. The molecule has 0 aliphatic carbocycles.